The number of urea groups is 1. The molecule has 2 aliphatic heterocycles. The van der Waals surface area contributed by atoms with E-state index in [0.29, 0.717) is 5.56 Å². The highest BCUT2D eigenvalue weighted by Crippen LogP contribution is 2.35. The Morgan fingerprint density at radius 2 is 1.97 bits per heavy atom. The van der Waals surface area contributed by atoms with Gasteiger partial charge < -0.3 is 15.4 Å². The van der Waals surface area contributed by atoms with E-state index in [9.17, 15) is 23.2 Å². The number of rotatable bonds is 5. The zero-order valence-corrected chi connectivity index (χ0v) is 17.1. The smallest absolute Gasteiger partial charge is 0.338 e. The van der Waals surface area contributed by atoms with E-state index in [2.05, 4.69) is 10.6 Å². The maximum atomic E-state index is 13.8. The van der Waals surface area contributed by atoms with E-state index in [1.165, 1.54) is 0 Å². The first-order chi connectivity index (χ1) is 14.9. The Balaban J connectivity index is 1.59. The summed E-state index contributed by atoms with van der Waals surface area (Å²) in [6.45, 7) is -0.669. The van der Waals surface area contributed by atoms with Crippen molar-refractivity contribution in [2.75, 3.05) is 24.7 Å². The number of esters is 1. The van der Waals surface area contributed by atoms with Crippen LogP contribution in [0, 0.1) is 11.6 Å². The molecule has 0 spiro atoms. The number of anilines is 1. The number of cyclic esters (lactones) is 1. The highest BCUT2D eigenvalue weighted by atomic mass is 32.2. The lowest BCUT2D eigenvalue weighted by atomic mass is 9.96. The lowest BCUT2D eigenvalue weighted by molar-refractivity contribution is -0.136. The number of hydrogen-bond acceptors (Lipinski definition) is 5. The number of nitrogens with zero attached hydrogens (tertiary/aromatic N) is 1. The molecule has 2 N–H and O–H groups in total. The van der Waals surface area contributed by atoms with Gasteiger partial charge in [-0.25, -0.2) is 18.4 Å². The van der Waals surface area contributed by atoms with Gasteiger partial charge in [-0.2, -0.15) is 0 Å². The number of carbonyl (C=O) groups is 3. The van der Waals surface area contributed by atoms with Crippen LogP contribution in [0.25, 0.3) is 0 Å². The summed E-state index contributed by atoms with van der Waals surface area (Å²) in [6.07, 6.45) is 1.94. The SMILES string of the molecule is CSc1ccc(C2NC(=O)N(CC(=O)Nc3cc(F)ccc3F)C3=C2C(=O)OC3)cc1. The number of thioether (sulfide) groups is 1. The van der Waals surface area contributed by atoms with Gasteiger partial charge in [0.25, 0.3) is 0 Å². The minimum atomic E-state index is -0.814. The summed E-state index contributed by atoms with van der Waals surface area (Å²) in [5.74, 6) is -2.88. The maximum Gasteiger partial charge on any atom is 0.338 e. The number of amides is 3. The Bertz CT molecular complexity index is 1100. The first-order valence-electron chi connectivity index (χ1n) is 9.24. The molecule has 1 atom stereocenters. The molecule has 31 heavy (non-hydrogen) atoms. The zero-order chi connectivity index (χ0) is 22.1. The number of benzene rings is 2. The molecule has 3 amide bonds. The van der Waals surface area contributed by atoms with Gasteiger partial charge in [0, 0.05) is 11.0 Å². The second kappa shape index (κ2) is 8.38. The van der Waals surface area contributed by atoms with Crippen molar-refractivity contribution in [3.05, 3.63) is 70.9 Å². The molecular formula is C21H17F2N3O4S. The molecule has 7 nitrogen and oxygen atoms in total. The quantitative estimate of drug-likeness (QED) is 0.545. The van der Waals surface area contributed by atoms with E-state index < -0.39 is 42.1 Å². The van der Waals surface area contributed by atoms with Gasteiger partial charge in [0.05, 0.1) is 23.0 Å². The van der Waals surface area contributed by atoms with Gasteiger partial charge in [0.1, 0.15) is 24.8 Å². The van der Waals surface area contributed by atoms with E-state index in [0.717, 1.165) is 28.0 Å². The third-order valence-corrected chi connectivity index (χ3v) is 5.70. The Morgan fingerprint density at radius 3 is 2.68 bits per heavy atom. The number of ether oxygens (including phenoxy) is 1. The monoisotopic (exact) mass is 445 g/mol. The van der Waals surface area contributed by atoms with Crippen LogP contribution < -0.4 is 10.6 Å². The molecule has 2 aliphatic rings. The molecule has 0 radical (unpaired) electrons. The van der Waals surface area contributed by atoms with Gasteiger partial charge in [-0.15, -0.1) is 11.8 Å². The molecule has 0 bridgehead atoms. The van der Waals surface area contributed by atoms with Crippen molar-refractivity contribution in [2.24, 2.45) is 0 Å². The summed E-state index contributed by atoms with van der Waals surface area (Å²) in [5.41, 5.74) is 0.856. The molecule has 0 aromatic heterocycles. The molecule has 0 aliphatic carbocycles. The molecule has 0 saturated heterocycles. The second-order valence-electron chi connectivity index (χ2n) is 6.85. The van der Waals surface area contributed by atoms with Crippen LogP contribution in [0.5, 0.6) is 0 Å². The maximum absolute atomic E-state index is 13.8. The molecule has 160 valence electrons. The molecule has 2 heterocycles. The Kier molecular flexibility index (Phi) is 5.64. The van der Waals surface area contributed by atoms with Crippen molar-refractivity contribution in [1.82, 2.24) is 10.2 Å². The first-order valence-corrected chi connectivity index (χ1v) is 10.5. The van der Waals surface area contributed by atoms with E-state index in [4.69, 9.17) is 4.74 Å². The van der Waals surface area contributed by atoms with Crippen molar-refractivity contribution in [3.63, 3.8) is 0 Å². The number of hydrogen-bond donors (Lipinski definition) is 2. The minimum Gasteiger partial charge on any atom is -0.456 e. The standard InChI is InChI=1S/C21H17F2N3O4S/c1-31-13-5-2-11(3-6-13)19-18-16(10-30-20(18)28)26(21(29)25-19)9-17(27)24-15-8-12(22)4-7-14(15)23/h2-8,19H,9-10H2,1H3,(H,24,27)(H,25,29). The van der Waals surface area contributed by atoms with Crippen LogP contribution in [0.2, 0.25) is 0 Å². The summed E-state index contributed by atoms with van der Waals surface area (Å²) in [5, 5.41) is 4.96. The summed E-state index contributed by atoms with van der Waals surface area (Å²) in [4.78, 5) is 39.6. The van der Waals surface area contributed by atoms with E-state index >= 15 is 0 Å². The van der Waals surface area contributed by atoms with Crippen LogP contribution >= 0.6 is 11.8 Å². The van der Waals surface area contributed by atoms with Crippen LogP contribution in [0.1, 0.15) is 11.6 Å². The van der Waals surface area contributed by atoms with Crippen LogP contribution in [0.15, 0.2) is 58.6 Å². The molecule has 10 heteroatoms. The van der Waals surface area contributed by atoms with Crippen LogP contribution in [-0.4, -0.2) is 42.2 Å². The fourth-order valence-electron chi connectivity index (χ4n) is 3.45. The summed E-state index contributed by atoms with van der Waals surface area (Å²) >= 11 is 1.56. The molecule has 0 saturated carbocycles. The number of carbonyl (C=O) groups excluding carboxylic acids is 3. The molecule has 4 rings (SSSR count). The molecule has 1 unspecified atom stereocenters. The number of nitrogens with one attached hydrogen (secondary N) is 2. The predicted molar refractivity (Wildman–Crippen MR) is 109 cm³/mol. The third kappa shape index (κ3) is 4.11. The van der Waals surface area contributed by atoms with Gasteiger partial charge in [-0.05, 0) is 36.1 Å². The van der Waals surface area contributed by atoms with Gasteiger partial charge in [-0.3, -0.25) is 9.69 Å². The number of halogens is 2. The van der Waals surface area contributed by atoms with Crippen molar-refractivity contribution in [3.8, 4) is 0 Å². The van der Waals surface area contributed by atoms with E-state index in [1.807, 2.05) is 30.5 Å². The van der Waals surface area contributed by atoms with Crippen molar-refractivity contribution < 1.29 is 27.9 Å². The lowest BCUT2D eigenvalue weighted by Gasteiger charge is -2.32. The Hall–Kier alpha value is -3.40. The van der Waals surface area contributed by atoms with Gasteiger partial charge >= 0.3 is 12.0 Å². The van der Waals surface area contributed by atoms with Crippen molar-refractivity contribution >= 4 is 35.4 Å². The van der Waals surface area contributed by atoms with Crippen LogP contribution in [-0.2, 0) is 14.3 Å². The summed E-state index contributed by atoms with van der Waals surface area (Å²) < 4.78 is 32.2. The Morgan fingerprint density at radius 1 is 1.23 bits per heavy atom. The van der Waals surface area contributed by atoms with E-state index in [1.54, 1.807) is 11.8 Å². The fraction of sp³-hybridized carbons (Fsp3) is 0.190. The summed E-state index contributed by atoms with van der Waals surface area (Å²) in [7, 11) is 0. The third-order valence-electron chi connectivity index (χ3n) is 4.95. The van der Waals surface area contributed by atoms with E-state index in [-0.39, 0.29) is 23.6 Å². The molecule has 2 aromatic rings. The lowest BCUT2D eigenvalue weighted by Crippen LogP contribution is -2.49. The topological polar surface area (TPSA) is 87.7 Å². The van der Waals surface area contributed by atoms with Gasteiger partial charge in [0.15, 0.2) is 0 Å². The van der Waals surface area contributed by atoms with Gasteiger partial charge in [0.2, 0.25) is 5.91 Å². The average molecular weight is 445 g/mol. The Labute approximate surface area is 180 Å². The molecule has 2 aromatic carbocycles. The molecular weight excluding hydrogens is 428 g/mol. The van der Waals surface area contributed by atoms with Gasteiger partial charge in [-0.1, -0.05) is 12.1 Å². The highest BCUT2D eigenvalue weighted by molar-refractivity contribution is 7.98. The zero-order valence-electron chi connectivity index (χ0n) is 16.3. The first kappa shape index (κ1) is 20.9. The van der Waals surface area contributed by atoms with Crippen molar-refractivity contribution in [2.45, 2.75) is 10.9 Å². The van der Waals surface area contributed by atoms with Crippen molar-refractivity contribution in [1.29, 1.82) is 0 Å². The predicted octanol–water partition coefficient (Wildman–Crippen LogP) is 3.20. The van der Waals surface area contributed by atoms with Crippen LogP contribution in [0.4, 0.5) is 19.3 Å². The normalized spacial score (nSPS) is 17.9. The largest absolute Gasteiger partial charge is 0.456 e. The average Bonchev–Trinajstić information content (AvgIpc) is 3.14. The summed E-state index contributed by atoms with van der Waals surface area (Å²) in [6, 6.07) is 8.69. The molecule has 0 fully saturated rings. The minimum absolute atomic E-state index is 0.164. The van der Waals surface area contributed by atoms with Crippen LogP contribution in [0.3, 0.4) is 0 Å². The second-order valence-corrected chi connectivity index (χ2v) is 7.73. The fourth-order valence-corrected chi connectivity index (χ4v) is 3.86. The highest BCUT2D eigenvalue weighted by Gasteiger charge is 2.42.